The zero-order valence-electron chi connectivity index (χ0n) is 8.24. The number of nitrogens with zero attached hydrogens (tertiary/aromatic N) is 1. The number of ether oxygens (including phenoxy) is 1. The summed E-state index contributed by atoms with van der Waals surface area (Å²) in [6, 6.07) is 8.60. The predicted molar refractivity (Wildman–Crippen MR) is 56.7 cm³/mol. The van der Waals surface area contributed by atoms with Crippen LogP contribution in [0.4, 0.5) is 0 Å². The van der Waals surface area contributed by atoms with Gasteiger partial charge in [-0.2, -0.15) is 5.26 Å². The first-order valence-electron chi connectivity index (χ1n) is 4.35. The molecule has 0 N–H and O–H groups in total. The highest BCUT2D eigenvalue weighted by molar-refractivity contribution is 6.30. The molecular weight excluding hydrogens is 214 g/mol. The van der Waals surface area contributed by atoms with Crippen molar-refractivity contribution < 1.29 is 9.53 Å². The van der Waals surface area contributed by atoms with E-state index in [-0.39, 0.29) is 12.4 Å². The van der Waals surface area contributed by atoms with Gasteiger partial charge in [0.2, 0.25) is 0 Å². The van der Waals surface area contributed by atoms with Gasteiger partial charge in [0.1, 0.15) is 12.5 Å². The molecule has 0 aliphatic carbocycles. The molecule has 0 bridgehead atoms. The molecule has 0 aliphatic rings. The Labute approximate surface area is 93.2 Å². The summed E-state index contributed by atoms with van der Waals surface area (Å²) in [5, 5.41) is 9.46. The molecule has 0 heterocycles. The summed E-state index contributed by atoms with van der Waals surface area (Å²) < 4.78 is 4.70. The largest absolute Gasteiger partial charge is 0.377 e. The summed E-state index contributed by atoms with van der Waals surface area (Å²) in [7, 11) is 1.42. The number of carbonyl (C=O) groups is 1. The van der Waals surface area contributed by atoms with E-state index < -0.39 is 5.92 Å². The third-order valence-electron chi connectivity index (χ3n) is 1.94. The Morgan fingerprint density at radius 3 is 2.60 bits per heavy atom. The van der Waals surface area contributed by atoms with E-state index >= 15 is 0 Å². The van der Waals surface area contributed by atoms with Gasteiger partial charge in [0, 0.05) is 12.1 Å². The summed E-state index contributed by atoms with van der Waals surface area (Å²) in [6.07, 6.45) is 0. The lowest BCUT2D eigenvalue weighted by Crippen LogP contribution is -2.16. The van der Waals surface area contributed by atoms with Crippen molar-refractivity contribution in [3.05, 3.63) is 34.9 Å². The molecule has 78 valence electrons. The van der Waals surface area contributed by atoms with E-state index in [2.05, 4.69) is 0 Å². The van der Waals surface area contributed by atoms with Crippen LogP contribution in [0.5, 0.6) is 0 Å². The van der Waals surface area contributed by atoms with Crippen molar-refractivity contribution in [2.24, 2.45) is 0 Å². The minimum Gasteiger partial charge on any atom is -0.377 e. The summed E-state index contributed by atoms with van der Waals surface area (Å²) in [4.78, 5) is 11.5. The van der Waals surface area contributed by atoms with Gasteiger partial charge in [-0.1, -0.05) is 23.7 Å². The van der Waals surface area contributed by atoms with Crippen molar-refractivity contribution in [2.75, 3.05) is 13.7 Å². The van der Waals surface area contributed by atoms with Crippen molar-refractivity contribution in [3.8, 4) is 6.07 Å². The molecule has 1 atom stereocenters. The lowest BCUT2D eigenvalue weighted by molar-refractivity contribution is -0.122. The molecule has 0 saturated carbocycles. The fourth-order valence-corrected chi connectivity index (χ4v) is 1.34. The van der Waals surface area contributed by atoms with E-state index in [0.717, 1.165) is 0 Å². The number of benzene rings is 1. The topological polar surface area (TPSA) is 50.1 Å². The monoisotopic (exact) mass is 223 g/mol. The van der Waals surface area contributed by atoms with Crippen LogP contribution >= 0.6 is 11.6 Å². The van der Waals surface area contributed by atoms with Gasteiger partial charge >= 0.3 is 0 Å². The van der Waals surface area contributed by atoms with Gasteiger partial charge < -0.3 is 4.74 Å². The quantitative estimate of drug-likeness (QED) is 0.786. The predicted octanol–water partition coefficient (Wildman–Crippen LogP) is 2.16. The Morgan fingerprint density at radius 2 is 2.13 bits per heavy atom. The van der Waals surface area contributed by atoms with Crippen LogP contribution in [0.3, 0.4) is 0 Å². The fourth-order valence-electron chi connectivity index (χ4n) is 1.21. The molecule has 0 radical (unpaired) electrons. The lowest BCUT2D eigenvalue weighted by atomic mass is 9.97. The van der Waals surface area contributed by atoms with Crippen LogP contribution < -0.4 is 0 Å². The highest BCUT2D eigenvalue weighted by Gasteiger charge is 2.19. The second-order valence-corrected chi connectivity index (χ2v) is 3.45. The summed E-state index contributed by atoms with van der Waals surface area (Å²) in [6.45, 7) is -0.0547. The zero-order chi connectivity index (χ0) is 11.3. The number of nitriles is 1. The number of hydrogen-bond acceptors (Lipinski definition) is 3. The van der Waals surface area contributed by atoms with Crippen molar-refractivity contribution in [2.45, 2.75) is 5.92 Å². The van der Waals surface area contributed by atoms with Gasteiger partial charge in [-0.05, 0) is 17.7 Å². The summed E-state index contributed by atoms with van der Waals surface area (Å²) in [5.41, 5.74) is 0.643. The molecule has 1 rings (SSSR count). The Balaban J connectivity index is 2.89. The maximum absolute atomic E-state index is 11.5. The molecule has 1 unspecified atom stereocenters. The van der Waals surface area contributed by atoms with Crippen LogP contribution in [0.25, 0.3) is 0 Å². The minimum atomic E-state index is -0.776. The normalized spacial score (nSPS) is 11.8. The third-order valence-corrected chi connectivity index (χ3v) is 2.19. The number of carbonyl (C=O) groups excluding carboxylic acids is 1. The van der Waals surface area contributed by atoms with Crippen molar-refractivity contribution >= 4 is 17.4 Å². The van der Waals surface area contributed by atoms with Gasteiger partial charge in [0.05, 0.1) is 6.07 Å². The highest BCUT2D eigenvalue weighted by Crippen LogP contribution is 2.18. The van der Waals surface area contributed by atoms with Crippen LogP contribution in [-0.4, -0.2) is 19.5 Å². The first-order chi connectivity index (χ1) is 7.19. The van der Waals surface area contributed by atoms with Crippen molar-refractivity contribution in [1.82, 2.24) is 0 Å². The van der Waals surface area contributed by atoms with Gasteiger partial charge in [-0.3, -0.25) is 4.79 Å². The standard InChI is InChI=1S/C11H10ClNO2/c1-15-7-11(14)10(6-13)8-2-4-9(12)5-3-8/h2-5,10H,7H2,1H3. The highest BCUT2D eigenvalue weighted by atomic mass is 35.5. The summed E-state index contributed by atoms with van der Waals surface area (Å²) >= 11 is 5.71. The second kappa shape index (κ2) is 5.50. The van der Waals surface area contributed by atoms with E-state index in [0.29, 0.717) is 10.6 Å². The van der Waals surface area contributed by atoms with E-state index in [1.165, 1.54) is 7.11 Å². The Bertz CT molecular complexity index is 381. The van der Waals surface area contributed by atoms with Gasteiger partial charge in [-0.15, -0.1) is 0 Å². The van der Waals surface area contributed by atoms with Gasteiger partial charge in [0.15, 0.2) is 5.78 Å². The van der Waals surface area contributed by atoms with Crippen molar-refractivity contribution in [1.29, 1.82) is 5.26 Å². The van der Waals surface area contributed by atoms with E-state index in [1.54, 1.807) is 24.3 Å². The summed E-state index contributed by atoms with van der Waals surface area (Å²) in [5.74, 6) is -1.02. The molecule has 15 heavy (non-hydrogen) atoms. The fraction of sp³-hybridized carbons (Fsp3) is 0.273. The van der Waals surface area contributed by atoms with Crippen LogP contribution in [-0.2, 0) is 9.53 Å². The third kappa shape index (κ3) is 3.05. The number of Topliss-reactive ketones (excluding diaryl/α,β-unsaturated/α-hetero) is 1. The number of methoxy groups -OCH3 is 1. The van der Waals surface area contributed by atoms with E-state index in [4.69, 9.17) is 21.6 Å². The van der Waals surface area contributed by atoms with E-state index in [9.17, 15) is 4.79 Å². The molecule has 1 aromatic rings. The molecule has 0 fully saturated rings. The molecule has 0 aliphatic heterocycles. The molecule has 4 heteroatoms. The first-order valence-corrected chi connectivity index (χ1v) is 4.73. The maximum atomic E-state index is 11.5. The van der Waals surface area contributed by atoms with E-state index in [1.807, 2.05) is 6.07 Å². The van der Waals surface area contributed by atoms with Crippen LogP contribution in [0.2, 0.25) is 5.02 Å². The molecule has 1 aromatic carbocycles. The molecule has 0 amide bonds. The average Bonchev–Trinajstić information content (AvgIpc) is 2.22. The maximum Gasteiger partial charge on any atom is 0.179 e. The number of halogens is 1. The molecule has 0 spiro atoms. The smallest absolute Gasteiger partial charge is 0.179 e. The molecule has 3 nitrogen and oxygen atoms in total. The Morgan fingerprint density at radius 1 is 1.53 bits per heavy atom. The molecule has 0 saturated heterocycles. The number of rotatable bonds is 4. The zero-order valence-corrected chi connectivity index (χ0v) is 8.99. The Hall–Kier alpha value is -1.37. The minimum absolute atomic E-state index is 0.0547. The molecular formula is C11H10ClNO2. The Kier molecular flexibility index (Phi) is 4.29. The van der Waals surface area contributed by atoms with Gasteiger partial charge in [0.25, 0.3) is 0 Å². The second-order valence-electron chi connectivity index (χ2n) is 3.01. The number of hydrogen-bond donors (Lipinski definition) is 0. The average molecular weight is 224 g/mol. The van der Waals surface area contributed by atoms with Gasteiger partial charge in [-0.25, -0.2) is 0 Å². The number of ketones is 1. The van der Waals surface area contributed by atoms with Crippen LogP contribution in [0.1, 0.15) is 11.5 Å². The van der Waals surface area contributed by atoms with Crippen LogP contribution in [0, 0.1) is 11.3 Å². The van der Waals surface area contributed by atoms with Crippen LogP contribution in [0.15, 0.2) is 24.3 Å². The first kappa shape index (κ1) is 11.7. The van der Waals surface area contributed by atoms with Crippen molar-refractivity contribution in [3.63, 3.8) is 0 Å². The lowest BCUT2D eigenvalue weighted by Gasteiger charge is -2.07. The molecule has 0 aromatic heterocycles. The SMILES string of the molecule is COCC(=O)C(C#N)c1ccc(Cl)cc1.